The highest BCUT2D eigenvalue weighted by Crippen LogP contribution is 2.36. The van der Waals surface area contributed by atoms with E-state index in [1.807, 2.05) is 0 Å². The maximum absolute atomic E-state index is 11.4. The molecule has 2 nitrogen and oxygen atoms in total. The monoisotopic (exact) mass is 287 g/mol. The molecule has 0 saturated carbocycles. The van der Waals surface area contributed by atoms with E-state index in [0.29, 0.717) is 11.8 Å². The lowest BCUT2D eigenvalue weighted by Gasteiger charge is -2.30. The molecule has 0 N–H and O–H groups in total. The number of hydrogen-bond donors (Lipinski definition) is 0. The fraction of sp³-hybridized carbons (Fsp3) is 0.684. The van der Waals surface area contributed by atoms with Crippen molar-refractivity contribution in [3.8, 4) is 0 Å². The van der Waals surface area contributed by atoms with Crippen molar-refractivity contribution in [1.29, 1.82) is 0 Å². The molecule has 0 aromatic carbocycles. The van der Waals surface area contributed by atoms with Crippen LogP contribution in [-0.4, -0.2) is 11.3 Å². The molecule has 1 aliphatic rings. The number of aromatic nitrogens is 1. The van der Waals surface area contributed by atoms with Crippen LogP contribution in [0.4, 0.5) is 0 Å². The zero-order valence-corrected chi connectivity index (χ0v) is 13.8. The lowest BCUT2D eigenvalue weighted by molar-refractivity contribution is -0.109. The number of pyridine rings is 1. The summed E-state index contributed by atoms with van der Waals surface area (Å²) in [4.78, 5) is 16.3. The largest absolute Gasteiger partial charge is 0.303 e. The molecule has 2 heteroatoms. The highest BCUT2D eigenvalue weighted by Gasteiger charge is 2.29. The summed E-state index contributed by atoms with van der Waals surface area (Å²) in [5.41, 5.74) is 3.57. The molecule has 0 saturated heterocycles. The smallest absolute Gasteiger partial charge is 0.127 e. The minimum atomic E-state index is 0.0581. The first-order chi connectivity index (χ1) is 10.2. The lowest BCUT2D eigenvalue weighted by Crippen LogP contribution is -2.24. The third-order valence-electron chi connectivity index (χ3n) is 4.87. The second-order valence-electron chi connectivity index (χ2n) is 6.84. The first-order valence-electron chi connectivity index (χ1n) is 8.59. The van der Waals surface area contributed by atoms with Gasteiger partial charge in [-0.05, 0) is 49.1 Å². The molecule has 0 radical (unpaired) electrons. The molecule has 116 valence electrons. The summed E-state index contributed by atoms with van der Waals surface area (Å²) in [7, 11) is 0. The van der Waals surface area contributed by atoms with Crippen molar-refractivity contribution in [3.63, 3.8) is 0 Å². The van der Waals surface area contributed by atoms with Crippen LogP contribution in [0.2, 0.25) is 0 Å². The number of rotatable bonds is 7. The summed E-state index contributed by atoms with van der Waals surface area (Å²) >= 11 is 0. The van der Waals surface area contributed by atoms with Crippen molar-refractivity contribution in [2.75, 3.05) is 0 Å². The van der Waals surface area contributed by atoms with Crippen LogP contribution in [0.3, 0.4) is 0 Å². The van der Waals surface area contributed by atoms with Crippen LogP contribution in [0, 0.1) is 11.8 Å². The minimum Gasteiger partial charge on any atom is -0.303 e. The van der Waals surface area contributed by atoms with Gasteiger partial charge in [0.25, 0.3) is 0 Å². The molecule has 1 aliphatic carbocycles. The van der Waals surface area contributed by atoms with Gasteiger partial charge in [0.1, 0.15) is 6.29 Å². The van der Waals surface area contributed by atoms with Gasteiger partial charge in [-0.3, -0.25) is 4.98 Å². The van der Waals surface area contributed by atoms with E-state index in [2.05, 4.69) is 32.9 Å². The number of carbonyl (C=O) groups is 1. The van der Waals surface area contributed by atoms with E-state index < -0.39 is 0 Å². The van der Waals surface area contributed by atoms with E-state index in [1.54, 1.807) is 0 Å². The van der Waals surface area contributed by atoms with Gasteiger partial charge in [-0.1, -0.05) is 46.1 Å². The molecule has 2 atom stereocenters. The summed E-state index contributed by atoms with van der Waals surface area (Å²) in [6.45, 7) is 6.75. The van der Waals surface area contributed by atoms with Crippen LogP contribution in [0.15, 0.2) is 12.1 Å². The van der Waals surface area contributed by atoms with Crippen LogP contribution in [0.5, 0.6) is 0 Å². The van der Waals surface area contributed by atoms with Gasteiger partial charge < -0.3 is 4.79 Å². The Balaban J connectivity index is 2.10. The summed E-state index contributed by atoms with van der Waals surface area (Å²) in [5, 5.41) is 0. The lowest BCUT2D eigenvalue weighted by atomic mass is 9.75. The Kier molecular flexibility index (Phi) is 5.96. The highest BCUT2D eigenvalue weighted by atomic mass is 16.1. The van der Waals surface area contributed by atoms with Crippen molar-refractivity contribution < 1.29 is 4.79 Å². The predicted octanol–water partition coefficient (Wildman–Crippen LogP) is 4.71. The maximum atomic E-state index is 11.4. The van der Waals surface area contributed by atoms with Crippen LogP contribution < -0.4 is 0 Å². The van der Waals surface area contributed by atoms with Gasteiger partial charge in [-0.15, -0.1) is 0 Å². The molecule has 1 heterocycles. The fourth-order valence-corrected chi connectivity index (χ4v) is 3.35. The molecule has 0 spiro atoms. The summed E-state index contributed by atoms with van der Waals surface area (Å²) in [6, 6.07) is 4.30. The Morgan fingerprint density at radius 1 is 1.29 bits per heavy atom. The van der Waals surface area contributed by atoms with E-state index >= 15 is 0 Å². The highest BCUT2D eigenvalue weighted by molar-refractivity contribution is 5.63. The zero-order valence-electron chi connectivity index (χ0n) is 13.8. The Morgan fingerprint density at radius 3 is 2.76 bits per heavy atom. The number of carbonyl (C=O) groups excluding carboxylic acids is 1. The van der Waals surface area contributed by atoms with Crippen molar-refractivity contribution in [2.24, 2.45) is 11.8 Å². The first-order valence-corrected chi connectivity index (χ1v) is 8.59. The van der Waals surface area contributed by atoms with E-state index in [9.17, 15) is 4.79 Å². The van der Waals surface area contributed by atoms with Gasteiger partial charge >= 0.3 is 0 Å². The van der Waals surface area contributed by atoms with Crippen LogP contribution in [0.25, 0.3) is 0 Å². The molecule has 0 aliphatic heterocycles. The van der Waals surface area contributed by atoms with Gasteiger partial charge in [0.2, 0.25) is 0 Å². The Hall–Kier alpha value is -1.18. The summed E-state index contributed by atoms with van der Waals surface area (Å²) < 4.78 is 0. The van der Waals surface area contributed by atoms with Crippen molar-refractivity contribution in [3.05, 3.63) is 29.1 Å². The fourth-order valence-electron chi connectivity index (χ4n) is 3.35. The average molecular weight is 287 g/mol. The second kappa shape index (κ2) is 7.72. The molecule has 1 aromatic heterocycles. The number of aryl methyl sites for hydroxylation is 1. The van der Waals surface area contributed by atoms with Gasteiger partial charge in [-0.2, -0.15) is 0 Å². The van der Waals surface area contributed by atoms with E-state index in [-0.39, 0.29) is 5.92 Å². The quantitative estimate of drug-likeness (QED) is 0.537. The molecule has 1 aromatic rings. The molecule has 0 fully saturated rings. The molecule has 0 bridgehead atoms. The van der Waals surface area contributed by atoms with E-state index in [4.69, 9.17) is 4.98 Å². The van der Waals surface area contributed by atoms with Crippen LogP contribution in [-0.2, 0) is 17.6 Å². The summed E-state index contributed by atoms with van der Waals surface area (Å²) in [5.74, 6) is 1.27. The number of hydrogen-bond acceptors (Lipinski definition) is 2. The zero-order chi connectivity index (χ0) is 15.2. The predicted molar refractivity (Wildman–Crippen MR) is 87.5 cm³/mol. The molecule has 2 rings (SSSR count). The third kappa shape index (κ3) is 4.15. The number of nitrogens with zero attached hydrogens (tertiary/aromatic N) is 1. The molecular weight excluding hydrogens is 258 g/mol. The van der Waals surface area contributed by atoms with Crippen LogP contribution >= 0.6 is 0 Å². The van der Waals surface area contributed by atoms with Crippen molar-refractivity contribution in [1.82, 2.24) is 4.98 Å². The molecule has 0 amide bonds. The molecule has 21 heavy (non-hydrogen) atoms. The first kappa shape index (κ1) is 16.2. The maximum Gasteiger partial charge on any atom is 0.127 e. The van der Waals surface area contributed by atoms with Gasteiger partial charge in [0, 0.05) is 17.3 Å². The Labute approximate surface area is 129 Å². The molecule has 2 unspecified atom stereocenters. The summed E-state index contributed by atoms with van der Waals surface area (Å²) in [6.07, 6.45) is 9.33. The molecular formula is C19H29NO. The number of unbranched alkanes of at least 4 members (excludes halogenated alkanes) is 3. The van der Waals surface area contributed by atoms with E-state index in [0.717, 1.165) is 25.5 Å². The standard InChI is InChI=1S/C19H29NO/c1-4-5-6-7-8-17-9-10-18-16(13-21)11-15(14(2)3)12-19(18)20-17/h9-10,13-16H,4-8,11-12H2,1-3H3. The topological polar surface area (TPSA) is 30.0 Å². The van der Waals surface area contributed by atoms with Crippen molar-refractivity contribution in [2.45, 2.75) is 71.6 Å². The van der Waals surface area contributed by atoms with Gasteiger partial charge in [0.15, 0.2) is 0 Å². The number of fused-ring (bicyclic) bond motifs is 1. The van der Waals surface area contributed by atoms with E-state index in [1.165, 1.54) is 42.6 Å². The Bertz CT molecular complexity index is 467. The van der Waals surface area contributed by atoms with Gasteiger partial charge in [-0.25, -0.2) is 0 Å². The Morgan fingerprint density at radius 2 is 2.10 bits per heavy atom. The number of aldehydes is 1. The normalized spacial score (nSPS) is 21.3. The average Bonchev–Trinajstić information content (AvgIpc) is 2.50. The SMILES string of the molecule is CCCCCCc1ccc2c(n1)CC(C(C)C)CC2C=O. The third-order valence-corrected chi connectivity index (χ3v) is 4.87. The van der Waals surface area contributed by atoms with Crippen molar-refractivity contribution >= 4 is 6.29 Å². The van der Waals surface area contributed by atoms with Gasteiger partial charge in [0.05, 0.1) is 0 Å². The van der Waals surface area contributed by atoms with Crippen LogP contribution in [0.1, 0.15) is 75.7 Å². The second-order valence-corrected chi connectivity index (χ2v) is 6.84. The minimum absolute atomic E-state index is 0.0581.